The van der Waals surface area contributed by atoms with Crippen LogP contribution < -0.4 is 0 Å². The molecule has 27 heavy (non-hydrogen) atoms. The van der Waals surface area contributed by atoms with Gasteiger partial charge in [-0.1, -0.05) is 40.9 Å². The van der Waals surface area contributed by atoms with Crippen molar-refractivity contribution in [3.63, 3.8) is 0 Å². The summed E-state index contributed by atoms with van der Waals surface area (Å²) in [5, 5.41) is 3.34. The number of aromatic nitrogens is 1. The van der Waals surface area contributed by atoms with Gasteiger partial charge in [-0.15, -0.1) is 0 Å². The van der Waals surface area contributed by atoms with Crippen LogP contribution in [-0.4, -0.2) is 29.6 Å². The zero-order valence-corrected chi connectivity index (χ0v) is 17.7. The highest BCUT2D eigenvalue weighted by Gasteiger charge is 2.20. The van der Waals surface area contributed by atoms with Gasteiger partial charge >= 0.3 is 0 Å². The van der Waals surface area contributed by atoms with Gasteiger partial charge in [-0.2, -0.15) is 0 Å². The molecule has 0 N–H and O–H groups in total. The summed E-state index contributed by atoms with van der Waals surface area (Å²) >= 11 is 18.8. The first-order chi connectivity index (χ1) is 12.9. The fraction of sp³-hybridized carbons (Fsp3) is 0.273. The molecule has 0 aliphatic carbocycles. The van der Waals surface area contributed by atoms with E-state index in [9.17, 15) is 0 Å². The lowest BCUT2D eigenvalue weighted by atomic mass is 10.1. The summed E-state index contributed by atoms with van der Waals surface area (Å²) in [5.74, 6) is 0. The molecule has 1 aliphatic rings. The maximum atomic E-state index is 6.43. The molecule has 5 heteroatoms. The monoisotopic (exact) mass is 418 g/mol. The number of allylic oxidation sites excluding steroid dienone is 1. The number of nitrogens with zero attached hydrogens (tertiary/aromatic N) is 2. The standard InChI is InChI=1S/C22H21Cl3N2/c1-14(17-5-3-16(24)12-20(17)25)13-27-21-6-4-15(23)11-19(21)18-7-9-26(2)10-8-22(18)27/h3-6,11-13H,7-10H2,1-2H3. The lowest BCUT2D eigenvalue weighted by molar-refractivity contribution is 0.351. The molecule has 0 saturated carbocycles. The third-order valence-corrected chi connectivity index (χ3v) is 6.12. The van der Waals surface area contributed by atoms with Crippen molar-refractivity contribution in [3.05, 3.63) is 68.3 Å². The van der Waals surface area contributed by atoms with Crippen molar-refractivity contribution in [1.29, 1.82) is 0 Å². The van der Waals surface area contributed by atoms with Gasteiger partial charge in [0.25, 0.3) is 0 Å². The van der Waals surface area contributed by atoms with Crippen LogP contribution in [0.3, 0.4) is 0 Å². The van der Waals surface area contributed by atoms with Crippen molar-refractivity contribution in [2.24, 2.45) is 0 Å². The van der Waals surface area contributed by atoms with Crippen LogP contribution in [-0.2, 0) is 12.8 Å². The number of hydrogen-bond acceptors (Lipinski definition) is 1. The maximum absolute atomic E-state index is 6.43. The number of likely N-dealkylation sites (N-methyl/N-ethyl adjacent to an activating group) is 1. The van der Waals surface area contributed by atoms with Crippen molar-refractivity contribution < 1.29 is 0 Å². The minimum absolute atomic E-state index is 0.648. The summed E-state index contributed by atoms with van der Waals surface area (Å²) < 4.78 is 2.32. The smallest absolute Gasteiger partial charge is 0.0529 e. The minimum atomic E-state index is 0.648. The van der Waals surface area contributed by atoms with Crippen LogP contribution in [0.1, 0.15) is 23.7 Å². The van der Waals surface area contributed by atoms with Crippen molar-refractivity contribution in [1.82, 2.24) is 9.47 Å². The van der Waals surface area contributed by atoms with Gasteiger partial charge in [0, 0.05) is 51.9 Å². The summed E-state index contributed by atoms with van der Waals surface area (Å²) in [6, 6.07) is 11.8. The van der Waals surface area contributed by atoms with Gasteiger partial charge in [0.05, 0.1) is 5.52 Å². The van der Waals surface area contributed by atoms with Gasteiger partial charge in [0.15, 0.2) is 0 Å². The molecule has 3 aromatic rings. The predicted molar refractivity (Wildman–Crippen MR) is 118 cm³/mol. The van der Waals surface area contributed by atoms with Crippen molar-refractivity contribution >= 4 is 57.5 Å². The molecule has 0 spiro atoms. The Morgan fingerprint density at radius 2 is 1.67 bits per heavy atom. The third-order valence-electron chi connectivity index (χ3n) is 5.33. The molecule has 0 unspecified atom stereocenters. The van der Waals surface area contributed by atoms with E-state index in [0.717, 1.165) is 42.1 Å². The molecule has 1 aromatic heterocycles. The summed E-state index contributed by atoms with van der Waals surface area (Å²) in [6.07, 6.45) is 4.23. The zero-order valence-electron chi connectivity index (χ0n) is 15.4. The maximum Gasteiger partial charge on any atom is 0.0529 e. The summed E-state index contributed by atoms with van der Waals surface area (Å²) in [6.45, 7) is 4.20. The molecule has 1 aliphatic heterocycles. The normalized spacial score (nSPS) is 15.8. The van der Waals surface area contributed by atoms with Gasteiger partial charge in [-0.05, 0) is 67.4 Å². The molecule has 0 radical (unpaired) electrons. The lowest BCUT2D eigenvalue weighted by Crippen LogP contribution is -2.21. The summed E-state index contributed by atoms with van der Waals surface area (Å²) in [4.78, 5) is 2.38. The highest BCUT2D eigenvalue weighted by molar-refractivity contribution is 6.35. The van der Waals surface area contributed by atoms with E-state index in [2.05, 4.69) is 41.8 Å². The van der Waals surface area contributed by atoms with Gasteiger partial charge in [-0.25, -0.2) is 0 Å². The Labute approximate surface area is 174 Å². The second-order valence-electron chi connectivity index (χ2n) is 7.20. The van der Waals surface area contributed by atoms with Crippen LogP contribution in [0.15, 0.2) is 36.4 Å². The zero-order chi connectivity index (χ0) is 19.1. The van der Waals surface area contributed by atoms with E-state index in [4.69, 9.17) is 34.8 Å². The van der Waals surface area contributed by atoms with Gasteiger partial charge in [0.2, 0.25) is 0 Å². The second kappa shape index (κ2) is 7.52. The first-order valence-corrected chi connectivity index (χ1v) is 10.2. The average Bonchev–Trinajstić information content (AvgIpc) is 2.75. The van der Waals surface area contributed by atoms with Crippen LogP contribution in [0.5, 0.6) is 0 Å². The summed E-state index contributed by atoms with van der Waals surface area (Å²) in [7, 11) is 2.18. The second-order valence-corrected chi connectivity index (χ2v) is 8.48. The van der Waals surface area contributed by atoms with Crippen molar-refractivity contribution in [3.8, 4) is 0 Å². The number of fused-ring (bicyclic) bond motifs is 3. The van der Waals surface area contributed by atoms with Crippen LogP contribution in [0.4, 0.5) is 0 Å². The molecule has 2 aromatic carbocycles. The molecule has 2 heterocycles. The Kier molecular flexibility index (Phi) is 5.26. The number of benzene rings is 2. The fourth-order valence-corrected chi connectivity index (χ4v) is 4.62. The molecule has 0 fully saturated rings. The molecule has 0 bridgehead atoms. The number of rotatable bonds is 2. The van der Waals surface area contributed by atoms with Crippen molar-refractivity contribution in [2.45, 2.75) is 19.8 Å². The third kappa shape index (κ3) is 3.64. The first-order valence-electron chi connectivity index (χ1n) is 9.07. The van der Waals surface area contributed by atoms with E-state index in [0.29, 0.717) is 10.0 Å². The molecular formula is C22H21Cl3N2. The topological polar surface area (TPSA) is 8.17 Å². The highest BCUT2D eigenvalue weighted by Crippen LogP contribution is 2.34. The van der Waals surface area contributed by atoms with E-state index in [1.807, 2.05) is 18.2 Å². The van der Waals surface area contributed by atoms with Gasteiger partial charge < -0.3 is 9.47 Å². The Balaban J connectivity index is 1.90. The number of halogens is 3. The molecule has 0 atom stereocenters. The highest BCUT2D eigenvalue weighted by atomic mass is 35.5. The SMILES string of the molecule is CC(=Cn1c2c(c3cc(Cl)ccc31)CCN(C)CC2)c1ccc(Cl)cc1Cl. The van der Waals surface area contributed by atoms with E-state index in [1.165, 1.54) is 22.2 Å². The Hall–Kier alpha value is -1.45. The van der Waals surface area contributed by atoms with E-state index >= 15 is 0 Å². The Bertz CT molecular complexity index is 1050. The predicted octanol–water partition coefficient (Wildman–Crippen LogP) is 6.65. The Morgan fingerprint density at radius 3 is 2.44 bits per heavy atom. The Morgan fingerprint density at radius 1 is 0.963 bits per heavy atom. The van der Waals surface area contributed by atoms with Crippen LogP contribution in [0, 0.1) is 0 Å². The van der Waals surface area contributed by atoms with Crippen molar-refractivity contribution in [2.75, 3.05) is 20.1 Å². The number of hydrogen-bond donors (Lipinski definition) is 0. The van der Waals surface area contributed by atoms with E-state index in [1.54, 1.807) is 6.07 Å². The minimum Gasteiger partial charge on any atom is -0.320 e. The van der Waals surface area contributed by atoms with E-state index in [-0.39, 0.29) is 0 Å². The molecule has 140 valence electrons. The molecule has 4 rings (SSSR count). The molecular weight excluding hydrogens is 399 g/mol. The van der Waals surface area contributed by atoms with Crippen LogP contribution in [0.25, 0.3) is 22.7 Å². The van der Waals surface area contributed by atoms with Crippen LogP contribution >= 0.6 is 34.8 Å². The fourth-order valence-electron chi connectivity index (χ4n) is 3.89. The lowest BCUT2D eigenvalue weighted by Gasteiger charge is -2.13. The molecule has 0 amide bonds. The molecule has 2 nitrogen and oxygen atoms in total. The molecule has 0 saturated heterocycles. The quantitative estimate of drug-likeness (QED) is 0.451. The summed E-state index contributed by atoms with van der Waals surface area (Å²) in [5.41, 5.74) is 6.06. The first kappa shape index (κ1) is 18.9. The van der Waals surface area contributed by atoms with Gasteiger partial charge in [0.1, 0.15) is 0 Å². The van der Waals surface area contributed by atoms with Crippen LogP contribution in [0.2, 0.25) is 15.1 Å². The largest absolute Gasteiger partial charge is 0.320 e. The van der Waals surface area contributed by atoms with E-state index < -0.39 is 0 Å². The average molecular weight is 420 g/mol. The van der Waals surface area contributed by atoms with Gasteiger partial charge in [-0.3, -0.25) is 0 Å².